The van der Waals surface area contributed by atoms with Crippen LogP contribution >= 0.6 is 15.6 Å². The van der Waals surface area contributed by atoms with Gasteiger partial charge in [0, 0.05) is 26.1 Å². The number of aliphatic hydroxyl groups excluding tert-OH is 3. The number of ether oxygens (including phenoxy) is 2. The molecule has 0 radical (unpaired) electrons. The Morgan fingerprint density at radius 2 is 1.63 bits per heavy atom. The number of nitrogens with zero attached hydrogens (tertiary/aromatic N) is 1. The lowest BCUT2D eigenvalue weighted by molar-refractivity contribution is -0.209. The zero-order chi connectivity index (χ0) is 30.9. The predicted molar refractivity (Wildman–Crippen MR) is 131 cm³/mol. The first kappa shape index (κ1) is 33.2. The van der Waals surface area contributed by atoms with Crippen LogP contribution in [0.15, 0.2) is 21.9 Å². The molecule has 3 rings (SSSR count). The Labute approximate surface area is 230 Å². The third-order valence-corrected chi connectivity index (χ3v) is 8.50. The van der Waals surface area contributed by atoms with Gasteiger partial charge >= 0.3 is 21.3 Å². The van der Waals surface area contributed by atoms with Crippen LogP contribution in [-0.4, -0.2) is 102 Å². The number of phosphoric acid groups is 2. The van der Waals surface area contributed by atoms with Crippen LogP contribution in [0, 0.1) is 0 Å². The Bertz CT molecular complexity index is 1330. The maximum Gasteiger partial charge on any atom is 0.486 e. The fraction of sp³-hybridized carbons (Fsp3) is 0.684. The van der Waals surface area contributed by atoms with E-state index < -0.39 is 100 Å². The van der Waals surface area contributed by atoms with Crippen LogP contribution in [0.2, 0.25) is 0 Å². The number of aliphatic hydroxyl groups is 3. The highest BCUT2D eigenvalue weighted by atomic mass is 31.3. The number of hydrogen-bond acceptors (Lipinski definition) is 14. The molecule has 2 fully saturated rings. The first-order valence-electron chi connectivity index (χ1n) is 11.8. The molecule has 2 saturated heterocycles. The van der Waals surface area contributed by atoms with Gasteiger partial charge in [-0.1, -0.05) is 0 Å². The standard InChI is InChI=1S/C19H30N4O16P2/c1-7-12(20-8(2)24)15(28)13(21-9(3)25)18(36-7)38-41(34,39-40(31,32)33)35-6-10-14(27)16(29)17(37-10)23-5-4-11(26)22-19(23)30/h4-5,7,10,12-18,27-29H,6H2,1-3H3,(H,20,24)(H,21,25)(H,22,26,30)(H2,31,32,33)/t7-,10-,12-,13-,14-,15+,16-,17-,18-,41?/m1/s1. The molecule has 20 nitrogen and oxygen atoms in total. The molecule has 22 heteroatoms. The van der Waals surface area contributed by atoms with E-state index in [-0.39, 0.29) is 0 Å². The van der Waals surface area contributed by atoms with Crippen molar-refractivity contribution in [3.63, 3.8) is 0 Å². The Kier molecular flexibility index (Phi) is 10.4. The van der Waals surface area contributed by atoms with Gasteiger partial charge in [0.1, 0.15) is 30.5 Å². The minimum atomic E-state index is -5.63. The highest BCUT2D eigenvalue weighted by Gasteiger charge is 2.51. The topological polar surface area (TPSA) is 294 Å². The predicted octanol–water partition coefficient (Wildman–Crippen LogP) is -3.48. The summed E-state index contributed by atoms with van der Waals surface area (Å²) < 4.78 is 51.0. The molecule has 232 valence electrons. The van der Waals surface area contributed by atoms with Crippen molar-refractivity contribution in [1.82, 2.24) is 20.2 Å². The van der Waals surface area contributed by atoms with Gasteiger partial charge in [-0.05, 0) is 6.92 Å². The normalized spacial score (nSPS) is 33.6. The van der Waals surface area contributed by atoms with E-state index in [1.165, 1.54) is 6.92 Å². The molecule has 3 heterocycles. The number of aromatic amines is 1. The van der Waals surface area contributed by atoms with Gasteiger partial charge in [0.05, 0.1) is 18.8 Å². The molecule has 1 unspecified atom stereocenters. The minimum absolute atomic E-state index is 0.566. The number of hydrogen-bond donors (Lipinski definition) is 8. The number of amides is 2. The van der Waals surface area contributed by atoms with Crippen molar-refractivity contribution in [3.05, 3.63) is 33.1 Å². The van der Waals surface area contributed by atoms with E-state index in [0.717, 1.165) is 30.7 Å². The molecule has 0 aliphatic carbocycles. The first-order valence-corrected chi connectivity index (χ1v) is 14.8. The summed E-state index contributed by atoms with van der Waals surface area (Å²) in [5.41, 5.74) is -1.75. The van der Waals surface area contributed by atoms with E-state index in [1.54, 1.807) is 0 Å². The average molecular weight is 632 g/mol. The number of aromatic nitrogens is 2. The summed E-state index contributed by atoms with van der Waals surface area (Å²) >= 11 is 0. The number of carbonyl (C=O) groups is 2. The van der Waals surface area contributed by atoms with Gasteiger partial charge in [-0.3, -0.25) is 33.0 Å². The monoisotopic (exact) mass is 632 g/mol. The van der Waals surface area contributed by atoms with Crippen molar-refractivity contribution in [2.75, 3.05) is 6.61 Å². The quantitative estimate of drug-likeness (QED) is 0.116. The van der Waals surface area contributed by atoms with E-state index in [4.69, 9.17) is 18.5 Å². The summed E-state index contributed by atoms with van der Waals surface area (Å²) in [5.74, 6) is -1.31. The van der Waals surface area contributed by atoms with Gasteiger partial charge in [-0.25, -0.2) is 13.9 Å². The molecule has 1 aromatic heterocycles. The van der Waals surface area contributed by atoms with E-state index in [9.17, 15) is 53.4 Å². The third kappa shape index (κ3) is 8.38. The Morgan fingerprint density at radius 1 is 1.02 bits per heavy atom. The van der Waals surface area contributed by atoms with Crippen LogP contribution < -0.4 is 21.9 Å². The van der Waals surface area contributed by atoms with Crippen molar-refractivity contribution >= 4 is 27.5 Å². The summed E-state index contributed by atoms with van der Waals surface area (Å²) in [7, 11) is -11.1. The zero-order valence-corrected chi connectivity index (χ0v) is 23.4. The van der Waals surface area contributed by atoms with Crippen molar-refractivity contribution in [2.45, 2.75) is 75.9 Å². The SMILES string of the molecule is CC(=O)N[C@H]1[C@@H](OP(=O)(OC[C@H]2O[C@@H](n3ccc(=O)[nH]c3=O)[C@H](O)[C@@H]2O)OP(=O)(O)O)O[C@H](C)[C@@H](NC(C)=O)[C@@H]1O. The molecule has 41 heavy (non-hydrogen) atoms. The summed E-state index contributed by atoms with van der Waals surface area (Å²) in [6.45, 7) is 2.54. The number of rotatable bonds is 10. The smallest absolute Gasteiger partial charge is 0.389 e. The van der Waals surface area contributed by atoms with Crippen LogP contribution in [0.3, 0.4) is 0 Å². The molecule has 0 bridgehead atoms. The summed E-state index contributed by atoms with van der Waals surface area (Å²) in [6.07, 6.45) is -10.4. The van der Waals surface area contributed by atoms with E-state index in [2.05, 4.69) is 14.9 Å². The molecule has 2 aliphatic heterocycles. The molecule has 2 aliphatic rings. The molecule has 2 amide bonds. The molecule has 0 aromatic carbocycles. The fourth-order valence-electron chi connectivity index (χ4n) is 4.18. The van der Waals surface area contributed by atoms with Crippen LogP contribution in [0.4, 0.5) is 0 Å². The van der Waals surface area contributed by atoms with Gasteiger partial charge in [0.15, 0.2) is 12.5 Å². The van der Waals surface area contributed by atoms with Crippen LogP contribution in [0.25, 0.3) is 0 Å². The maximum absolute atomic E-state index is 13.4. The molecular formula is C19H30N4O16P2. The second-order valence-corrected chi connectivity index (χ2v) is 12.1. The van der Waals surface area contributed by atoms with Crippen LogP contribution in [-0.2, 0) is 41.6 Å². The Balaban J connectivity index is 1.83. The van der Waals surface area contributed by atoms with Gasteiger partial charge in [-0.2, -0.15) is 4.31 Å². The molecule has 8 N–H and O–H groups in total. The second-order valence-electron chi connectivity index (χ2n) is 9.14. The largest absolute Gasteiger partial charge is 0.486 e. The number of H-pyrrole nitrogens is 1. The zero-order valence-electron chi connectivity index (χ0n) is 21.6. The van der Waals surface area contributed by atoms with E-state index in [1.807, 2.05) is 4.98 Å². The summed E-state index contributed by atoms with van der Waals surface area (Å²) in [6, 6.07) is -1.75. The molecule has 0 saturated carbocycles. The van der Waals surface area contributed by atoms with Crippen molar-refractivity contribution in [1.29, 1.82) is 0 Å². The summed E-state index contributed by atoms with van der Waals surface area (Å²) in [4.78, 5) is 67.3. The second kappa shape index (κ2) is 12.9. The lowest BCUT2D eigenvalue weighted by Gasteiger charge is -2.44. The van der Waals surface area contributed by atoms with Crippen molar-refractivity contribution in [3.8, 4) is 0 Å². The molecule has 0 spiro atoms. The lowest BCUT2D eigenvalue weighted by Crippen LogP contribution is -2.67. The fourth-order valence-corrected chi connectivity index (χ4v) is 6.39. The van der Waals surface area contributed by atoms with Gasteiger partial charge in [0.25, 0.3) is 5.56 Å². The van der Waals surface area contributed by atoms with Crippen molar-refractivity contribution in [2.24, 2.45) is 0 Å². The number of phosphoric ester groups is 1. The Morgan fingerprint density at radius 3 is 2.20 bits per heavy atom. The molecule has 1 aromatic rings. The molecular weight excluding hydrogens is 602 g/mol. The number of nitrogens with one attached hydrogen (secondary N) is 3. The maximum atomic E-state index is 13.4. The minimum Gasteiger partial charge on any atom is -0.389 e. The highest BCUT2D eigenvalue weighted by Crippen LogP contribution is 2.62. The van der Waals surface area contributed by atoms with E-state index in [0.29, 0.717) is 0 Å². The lowest BCUT2D eigenvalue weighted by atomic mass is 9.95. The first-order chi connectivity index (χ1) is 18.9. The highest BCUT2D eigenvalue weighted by molar-refractivity contribution is 7.61. The third-order valence-electron chi connectivity index (χ3n) is 5.92. The Hall–Kier alpha value is -2.32. The molecule has 10 atom stereocenters. The van der Waals surface area contributed by atoms with Gasteiger partial charge in [-0.15, -0.1) is 0 Å². The van der Waals surface area contributed by atoms with E-state index >= 15 is 0 Å². The van der Waals surface area contributed by atoms with Crippen molar-refractivity contribution < 1.29 is 66.7 Å². The summed E-state index contributed by atoms with van der Waals surface area (Å²) in [5, 5.41) is 36.2. The average Bonchev–Trinajstić information content (AvgIpc) is 3.10. The number of carbonyl (C=O) groups excluding carboxylic acids is 2. The van der Waals surface area contributed by atoms with Crippen LogP contribution in [0.1, 0.15) is 27.0 Å². The van der Waals surface area contributed by atoms with Gasteiger partial charge in [0.2, 0.25) is 11.8 Å². The van der Waals surface area contributed by atoms with Crippen LogP contribution in [0.5, 0.6) is 0 Å². The van der Waals surface area contributed by atoms with Gasteiger partial charge < -0.3 is 45.2 Å².